The standard InChI is InChI=1S/C11H11BrN2O4/c12-9-4-1-6(5-13-9)14-10(15)7-2-3-8(18-7)11(16)17/h1,4-5,7-8H,2-3H2,(H,14,15)(H,16,17)/t7-,8+/m0/s1. The second kappa shape index (κ2) is 5.45. The topological polar surface area (TPSA) is 88.5 Å². The lowest BCUT2D eigenvalue weighted by atomic mass is 10.2. The van der Waals surface area contributed by atoms with Crippen LogP contribution in [0.5, 0.6) is 0 Å². The summed E-state index contributed by atoms with van der Waals surface area (Å²) in [5.74, 6) is -1.38. The first kappa shape index (κ1) is 13.0. The molecule has 1 amide bonds. The van der Waals surface area contributed by atoms with Crippen molar-refractivity contribution in [3.8, 4) is 0 Å². The number of anilines is 1. The molecule has 1 saturated heterocycles. The number of pyridine rings is 1. The summed E-state index contributed by atoms with van der Waals surface area (Å²) in [6, 6.07) is 3.39. The molecular formula is C11H11BrN2O4. The van der Waals surface area contributed by atoms with Gasteiger partial charge < -0.3 is 15.2 Å². The van der Waals surface area contributed by atoms with Crippen LogP contribution in [0, 0.1) is 0 Å². The molecule has 0 aliphatic carbocycles. The zero-order chi connectivity index (χ0) is 13.1. The molecular weight excluding hydrogens is 304 g/mol. The summed E-state index contributed by atoms with van der Waals surface area (Å²) in [4.78, 5) is 26.5. The lowest BCUT2D eigenvalue weighted by molar-refractivity contribution is -0.150. The van der Waals surface area contributed by atoms with Gasteiger partial charge in [0.15, 0.2) is 6.10 Å². The smallest absolute Gasteiger partial charge is 0.332 e. The van der Waals surface area contributed by atoms with Gasteiger partial charge in [-0.05, 0) is 40.9 Å². The molecule has 0 saturated carbocycles. The zero-order valence-electron chi connectivity index (χ0n) is 9.30. The van der Waals surface area contributed by atoms with Crippen LogP contribution in [0.15, 0.2) is 22.9 Å². The molecule has 1 aliphatic rings. The monoisotopic (exact) mass is 314 g/mol. The van der Waals surface area contributed by atoms with E-state index in [4.69, 9.17) is 9.84 Å². The summed E-state index contributed by atoms with van der Waals surface area (Å²) in [6.07, 6.45) is 0.670. The van der Waals surface area contributed by atoms with E-state index in [0.29, 0.717) is 23.1 Å². The maximum Gasteiger partial charge on any atom is 0.332 e. The third-order valence-corrected chi connectivity index (χ3v) is 3.05. The van der Waals surface area contributed by atoms with Crippen LogP contribution in [0.1, 0.15) is 12.8 Å². The Bertz CT molecular complexity index is 463. The van der Waals surface area contributed by atoms with Crippen LogP contribution in [0.3, 0.4) is 0 Å². The van der Waals surface area contributed by atoms with Crippen LogP contribution < -0.4 is 5.32 Å². The molecule has 1 aromatic rings. The van der Waals surface area contributed by atoms with E-state index in [9.17, 15) is 9.59 Å². The van der Waals surface area contributed by atoms with Crippen molar-refractivity contribution in [2.24, 2.45) is 0 Å². The molecule has 2 N–H and O–H groups in total. The van der Waals surface area contributed by atoms with E-state index in [-0.39, 0.29) is 5.91 Å². The molecule has 1 aromatic heterocycles. The van der Waals surface area contributed by atoms with Gasteiger partial charge in [-0.25, -0.2) is 9.78 Å². The minimum absolute atomic E-state index is 0.345. The number of ether oxygens (including phenoxy) is 1. The van der Waals surface area contributed by atoms with Crippen LogP contribution in [0.25, 0.3) is 0 Å². The Kier molecular flexibility index (Phi) is 3.93. The third kappa shape index (κ3) is 3.05. The average molecular weight is 315 g/mol. The summed E-state index contributed by atoms with van der Waals surface area (Å²) in [5.41, 5.74) is 0.547. The van der Waals surface area contributed by atoms with Crippen molar-refractivity contribution in [1.82, 2.24) is 4.98 Å². The Morgan fingerprint density at radius 1 is 1.39 bits per heavy atom. The minimum Gasteiger partial charge on any atom is -0.479 e. The van der Waals surface area contributed by atoms with E-state index in [1.54, 1.807) is 12.1 Å². The van der Waals surface area contributed by atoms with Crippen LogP contribution in [-0.2, 0) is 14.3 Å². The van der Waals surface area contributed by atoms with Gasteiger partial charge in [-0.1, -0.05) is 0 Å². The minimum atomic E-state index is -1.03. The number of hydrogen-bond acceptors (Lipinski definition) is 4. The number of carboxylic acids is 1. The zero-order valence-corrected chi connectivity index (χ0v) is 10.9. The summed E-state index contributed by atoms with van der Waals surface area (Å²) in [5, 5.41) is 11.4. The average Bonchev–Trinajstić information content (AvgIpc) is 2.81. The number of carboxylic acid groups (broad SMARTS) is 1. The molecule has 1 fully saturated rings. The van der Waals surface area contributed by atoms with Crippen LogP contribution in [-0.4, -0.2) is 34.2 Å². The first-order valence-corrected chi connectivity index (χ1v) is 6.16. The Morgan fingerprint density at radius 2 is 2.11 bits per heavy atom. The van der Waals surface area contributed by atoms with Crippen molar-refractivity contribution in [3.63, 3.8) is 0 Å². The quantitative estimate of drug-likeness (QED) is 0.824. The molecule has 6 nitrogen and oxygen atoms in total. The van der Waals surface area contributed by atoms with Crippen LogP contribution in [0.4, 0.5) is 5.69 Å². The predicted octanol–water partition coefficient (Wildman–Crippen LogP) is 1.41. The SMILES string of the molecule is O=C(Nc1ccc(Br)nc1)[C@@H]1CC[C@H](C(=O)O)O1. The Balaban J connectivity index is 1.93. The molecule has 0 bridgehead atoms. The second-order valence-corrected chi connectivity index (χ2v) is 4.70. The molecule has 0 unspecified atom stereocenters. The molecule has 2 heterocycles. The van der Waals surface area contributed by atoms with E-state index >= 15 is 0 Å². The fourth-order valence-electron chi connectivity index (χ4n) is 1.68. The first-order valence-electron chi connectivity index (χ1n) is 5.37. The van der Waals surface area contributed by atoms with Gasteiger partial charge in [0.1, 0.15) is 10.7 Å². The van der Waals surface area contributed by atoms with Crippen molar-refractivity contribution in [2.45, 2.75) is 25.0 Å². The van der Waals surface area contributed by atoms with Gasteiger partial charge in [0.25, 0.3) is 5.91 Å². The number of nitrogens with zero attached hydrogens (tertiary/aromatic N) is 1. The van der Waals surface area contributed by atoms with E-state index in [1.807, 2.05) is 0 Å². The summed E-state index contributed by atoms with van der Waals surface area (Å²) >= 11 is 3.19. The van der Waals surface area contributed by atoms with Crippen molar-refractivity contribution in [2.75, 3.05) is 5.32 Å². The fraction of sp³-hybridized carbons (Fsp3) is 0.364. The number of hydrogen-bond donors (Lipinski definition) is 2. The van der Waals surface area contributed by atoms with E-state index in [0.717, 1.165) is 0 Å². The third-order valence-electron chi connectivity index (χ3n) is 2.58. The van der Waals surface area contributed by atoms with E-state index in [2.05, 4.69) is 26.2 Å². The normalized spacial score (nSPS) is 22.7. The Morgan fingerprint density at radius 3 is 2.67 bits per heavy atom. The molecule has 2 atom stereocenters. The Hall–Kier alpha value is -1.47. The van der Waals surface area contributed by atoms with Gasteiger partial charge in [0, 0.05) is 0 Å². The number of halogens is 1. The second-order valence-electron chi connectivity index (χ2n) is 3.89. The maximum atomic E-state index is 11.8. The van der Waals surface area contributed by atoms with Gasteiger partial charge in [0.05, 0.1) is 11.9 Å². The van der Waals surface area contributed by atoms with Crippen LogP contribution in [0.2, 0.25) is 0 Å². The number of nitrogens with one attached hydrogen (secondary N) is 1. The molecule has 0 spiro atoms. The summed E-state index contributed by atoms with van der Waals surface area (Å²) in [7, 11) is 0. The van der Waals surface area contributed by atoms with Gasteiger partial charge >= 0.3 is 5.97 Å². The molecule has 96 valence electrons. The van der Waals surface area contributed by atoms with Gasteiger partial charge in [0.2, 0.25) is 0 Å². The highest BCUT2D eigenvalue weighted by atomic mass is 79.9. The highest BCUT2D eigenvalue weighted by Gasteiger charge is 2.34. The number of aromatic nitrogens is 1. The van der Waals surface area contributed by atoms with Gasteiger partial charge in [-0.2, -0.15) is 0 Å². The van der Waals surface area contributed by atoms with E-state index < -0.39 is 18.2 Å². The molecule has 1 aliphatic heterocycles. The number of carbonyl (C=O) groups excluding carboxylic acids is 1. The van der Waals surface area contributed by atoms with Crippen molar-refractivity contribution in [3.05, 3.63) is 22.9 Å². The lowest BCUT2D eigenvalue weighted by Crippen LogP contribution is -2.29. The number of amides is 1. The predicted molar refractivity (Wildman–Crippen MR) is 66.1 cm³/mol. The number of aliphatic carboxylic acids is 1. The highest BCUT2D eigenvalue weighted by Crippen LogP contribution is 2.21. The van der Waals surface area contributed by atoms with Crippen molar-refractivity contribution in [1.29, 1.82) is 0 Å². The van der Waals surface area contributed by atoms with Gasteiger partial charge in [-0.3, -0.25) is 4.79 Å². The van der Waals surface area contributed by atoms with E-state index in [1.165, 1.54) is 6.20 Å². The molecule has 18 heavy (non-hydrogen) atoms. The molecule has 0 aromatic carbocycles. The summed E-state index contributed by atoms with van der Waals surface area (Å²) in [6.45, 7) is 0. The molecule has 2 rings (SSSR count). The number of carbonyl (C=O) groups is 2. The molecule has 0 radical (unpaired) electrons. The van der Waals surface area contributed by atoms with Gasteiger partial charge in [-0.15, -0.1) is 0 Å². The van der Waals surface area contributed by atoms with Crippen LogP contribution >= 0.6 is 15.9 Å². The highest BCUT2D eigenvalue weighted by molar-refractivity contribution is 9.10. The van der Waals surface area contributed by atoms with Crippen molar-refractivity contribution < 1.29 is 19.4 Å². The number of rotatable bonds is 3. The maximum absolute atomic E-state index is 11.8. The van der Waals surface area contributed by atoms with Crippen molar-refractivity contribution >= 4 is 33.5 Å². The fourth-order valence-corrected chi connectivity index (χ4v) is 1.92. The summed E-state index contributed by atoms with van der Waals surface area (Å²) < 4.78 is 5.81. The molecule has 7 heteroatoms. The first-order chi connectivity index (χ1) is 8.56. The Labute approximate surface area is 111 Å². The largest absolute Gasteiger partial charge is 0.479 e. The lowest BCUT2D eigenvalue weighted by Gasteiger charge is -2.11.